The zero-order valence-electron chi connectivity index (χ0n) is 10.4. The molecule has 0 heterocycles. The van der Waals surface area contributed by atoms with E-state index in [2.05, 4.69) is 0 Å². The maximum Gasteiger partial charge on any atom is 0.312 e. The summed E-state index contributed by atoms with van der Waals surface area (Å²) in [4.78, 5) is 11.5. The monoisotopic (exact) mass is 268 g/mol. The Morgan fingerprint density at radius 2 is 1.50 bits per heavy atom. The van der Waals surface area contributed by atoms with Crippen molar-refractivity contribution in [3.8, 4) is 0 Å². The molecule has 0 bridgehead atoms. The first-order chi connectivity index (χ1) is 7.31. The van der Waals surface area contributed by atoms with Gasteiger partial charge in [-0.05, 0) is 19.8 Å². The third-order valence-corrected chi connectivity index (χ3v) is 3.89. The summed E-state index contributed by atoms with van der Waals surface area (Å²) in [5.74, 6) is -0.873. The molecule has 0 saturated carbocycles. The molecule has 0 radical (unpaired) electrons. The lowest BCUT2D eigenvalue weighted by Gasteiger charge is -2.37. The number of hydrogen-bond donors (Lipinski definition) is 1. The van der Waals surface area contributed by atoms with Crippen LogP contribution in [0, 0.1) is 5.41 Å². The van der Waals surface area contributed by atoms with E-state index in [1.54, 1.807) is 6.92 Å². The Morgan fingerprint density at radius 1 is 1.12 bits per heavy atom. The first-order valence-electron chi connectivity index (χ1n) is 5.93. The van der Waals surface area contributed by atoms with Crippen molar-refractivity contribution in [3.05, 3.63) is 0 Å². The van der Waals surface area contributed by atoms with E-state index in [0.29, 0.717) is 12.8 Å². The summed E-state index contributed by atoms with van der Waals surface area (Å²) >= 11 is 12.2. The van der Waals surface area contributed by atoms with Gasteiger partial charge in [0.05, 0.1) is 0 Å². The molecule has 0 aromatic rings. The molecule has 4 heteroatoms. The number of hydrogen-bond acceptors (Lipinski definition) is 1. The minimum absolute atomic E-state index is 0.544. The van der Waals surface area contributed by atoms with Crippen LogP contribution in [0.3, 0.4) is 0 Å². The van der Waals surface area contributed by atoms with E-state index in [4.69, 9.17) is 23.2 Å². The second-order valence-corrected chi connectivity index (χ2v) is 6.19. The molecule has 1 N–H and O–H groups in total. The van der Waals surface area contributed by atoms with Crippen LogP contribution in [0.15, 0.2) is 0 Å². The van der Waals surface area contributed by atoms with Gasteiger partial charge in [0.25, 0.3) is 0 Å². The summed E-state index contributed by atoms with van der Waals surface area (Å²) in [7, 11) is 0. The van der Waals surface area contributed by atoms with Crippen molar-refractivity contribution in [2.24, 2.45) is 5.41 Å². The molecule has 0 spiro atoms. The normalized spacial score (nSPS) is 12.8. The highest BCUT2D eigenvalue weighted by molar-refractivity contribution is 6.49. The van der Waals surface area contributed by atoms with Crippen LogP contribution >= 0.6 is 23.2 Å². The largest absolute Gasteiger partial charge is 0.481 e. The number of aliphatic carboxylic acids is 1. The third-order valence-electron chi connectivity index (χ3n) is 3.16. The van der Waals surface area contributed by atoms with Crippen LogP contribution in [0.2, 0.25) is 0 Å². The highest BCUT2D eigenvalue weighted by Crippen LogP contribution is 2.48. The van der Waals surface area contributed by atoms with Gasteiger partial charge in [0.2, 0.25) is 0 Å². The smallest absolute Gasteiger partial charge is 0.312 e. The average Bonchev–Trinajstić information content (AvgIpc) is 2.16. The molecule has 0 atom stereocenters. The lowest BCUT2D eigenvalue weighted by atomic mass is 9.75. The van der Waals surface area contributed by atoms with Crippen molar-refractivity contribution >= 4 is 29.2 Å². The SMILES string of the molecule is CCCCC(CCCC)(C(=O)O)C(C)(Cl)Cl. The average molecular weight is 269 g/mol. The lowest BCUT2D eigenvalue weighted by molar-refractivity contribution is -0.151. The van der Waals surface area contributed by atoms with Crippen molar-refractivity contribution in [3.63, 3.8) is 0 Å². The number of carboxylic acid groups (broad SMARTS) is 1. The molecule has 0 unspecified atom stereocenters. The van der Waals surface area contributed by atoms with Crippen LogP contribution in [0.5, 0.6) is 0 Å². The summed E-state index contributed by atoms with van der Waals surface area (Å²) in [6.45, 7) is 5.66. The van der Waals surface area contributed by atoms with Crippen molar-refractivity contribution in [2.75, 3.05) is 0 Å². The van der Waals surface area contributed by atoms with Crippen LogP contribution in [-0.2, 0) is 4.79 Å². The molecule has 96 valence electrons. The first kappa shape index (κ1) is 16.1. The van der Waals surface area contributed by atoms with E-state index in [1.165, 1.54) is 0 Å². The molecule has 0 amide bonds. The van der Waals surface area contributed by atoms with Gasteiger partial charge in [-0.25, -0.2) is 0 Å². The van der Waals surface area contributed by atoms with Gasteiger partial charge in [-0.3, -0.25) is 4.79 Å². The third kappa shape index (κ3) is 3.81. The molecule has 0 aliphatic heterocycles. The fraction of sp³-hybridized carbons (Fsp3) is 0.917. The minimum atomic E-state index is -1.22. The Hall–Kier alpha value is 0.0500. The molecule has 0 saturated heterocycles. The lowest BCUT2D eigenvalue weighted by Crippen LogP contribution is -2.44. The predicted octanol–water partition coefficient (Wildman–Crippen LogP) is 4.63. The van der Waals surface area contributed by atoms with E-state index in [0.717, 1.165) is 25.7 Å². The second-order valence-electron chi connectivity index (χ2n) is 4.48. The number of rotatable bonds is 8. The van der Waals surface area contributed by atoms with E-state index < -0.39 is 15.7 Å². The van der Waals surface area contributed by atoms with Crippen LogP contribution in [0.25, 0.3) is 0 Å². The van der Waals surface area contributed by atoms with Crippen molar-refractivity contribution in [1.29, 1.82) is 0 Å². The molecule has 2 nitrogen and oxygen atoms in total. The molecular weight excluding hydrogens is 247 g/mol. The van der Waals surface area contributed by atoms with Gasteiger partial charge in [-0.2, -0.15) is 0 Å². The zero-order valence-corrected chi connectivity index (χ0v) is 11.9. The molecule has 16 heavy (non-hydrogen) atoms. The topological polar surface area (TPSA) is 37.3 Å². The first-order valence-corrected chi connectivity index (χ1v) is 6.68. The van der Waals surface area contributed by atoms with Gasteiger partial charge in [-0.15, -0.1) is 23.2 Å². The standard InChI is InChI=1S/C12H22Cl2O2/c1-4-6-8-12(10(15)16,9-7-5-2)11(3,13)14/h4-9H2,1-3H3,(H,15,16). The maximum atomic E-state index is 11.5. The van der Waals surface area contributed by atoms with Gasteiger partial charge >= 0.3 is 5.97 Å². The molecule has 0 aromatic heterocycles. The summed E-state index contributed by atoms with van der Waals surface area (Å²) in [6, 6.07) is 0. The fourth-order valence-electron chi connectivity index (χ4n) is 1.92. The van der Waals surface area contributed by atoms with E-state index in [1.807, 2.05) is 13.8 Å². The minimum Gasteiger partial charge on any atom is -0.481 e. The quantitative estimate of drug-likeness (QED) is 0.652. The Kier molecular flexibility index (Phi) is 6.73. The van der Waals surface area contributed by atoms with Gasteiger partial charge in [0.1, 0.15) is 9.75 Å². The van der Waals surface area contributed by atoms with Gasteiger partial charge in [-0.1, -0.05) is 39.5 Å². The molecule has 0 rings (SSSR count). The molecule has 0 fully saturated rings. The summed E-state index contributed by atoms with van der Waals surface area (Å²) < 4.78 is -1.22. The van der Waals surface area contributed by atoms with Gasteiger partial charge in [0.15, 0.2) is 0 Å². The van der Waals surface area contributed by atoms with Gasteiger partial charge < -0.3 is 5.11 Å². The van der Waals surface area contributed by atoms with Crippen LogP contribution in [0.4, 0.5) is 0 Å². The summed E-state index contributed by atoms with van der Waals surface area (Å²) in [5, 5.41) is 9.44. The number of halogens is 2. The Morgan fingerprint density at radius 3 is 1.69 bits per heavy atom. The van der Waals surface area contributed by atoms with Gasteiger partial charge in [0, 0.05) is 0 Å². The van der Waals surface area contributed by atoms with E-state index >= 15 is 0 Å². The van der Waals surface area contributed by atoms with Crippen molar-refractivity contribution in [2.45, 2.75) is 63.6 Å². The Labute approximate surface area is 108 Å². The fourth-order valence-corrected chi connectivity index (χ4v) is 2.46. The molecule has 0 aliphatic carbocycles. The van der Waals surface area contributed by atoms with Crippen LogP contribution < -0.4 is 0 Å². The number of carboxylic acids is 1. The van der Waals surface area contributed by atoms with Crippen LogP contribution in [0.1, 0.15) is 59.3 Å². The second kappa shape index (κ2) is 6.70. The summed E-state index contributed by atoms with van der Waals surface area (Å²) in [6.07, 6.45) is 4.66. The highest BCUT2D eigenvalue weighted by atomic mass is 35.5. The van der Waals surface area contributed by atoms with E-state index in [9.17, 15) is 9.90 Å². The number of alkyl halides is 2. The van der Waals surface area contributed by atoms with Crippen molar-refractivity contribution < 1.29 is 9.90 Å². The Balaban J connectivity index is 4.98. The number of carbonyl (C=O) groups is 1. The summed E-state index contributed by atoms with van der Waals surface area (Å²) in [5.41, 5.74) is -1.01. The Bertz CT molecular complexity index is 214. The molecular formula is C12H22Cl2O2. The van der Waals surface area contributed by atoms with Crippen molar-refractivity contribution in [1.82, 2.24) is 0 Å². The number of unbranched alkanes of at least 4 members (excludes halogenated alkanes) is 2. The molecule has 0 aliphatic rings. The maximum absolute atomic E-state index is 11.5. The van der Waals surface area contributed by atoms with E-state index in [-0.39, 0.29) is 0 Å². The predicted molar refractivity (Wildman–Crippen MR) is 69.2 cm³/mol. The molecule has 0 aromatic carbocycles. The van der Waals surface area contributed by atoms with Crippen LogP contribution in [-0.4, -0.2) is 15.4 Å². The highest BCUT2D eigenvalue weighted by Gasteiger charge is 2.51. The zero-order chi connectivity index (χ0) is 12.8.